The van der Waals surface area contributed by atoms with E-state index in [-0.39, 0.29) is 37.7 Å². The van der Waals surface area contributed by atoms with E-state index in [1.807, 2.05) is 6.08 Å². The summed E-state index contributed by atoms with van der Waals surface area (Å²) in [6.45, 7) is 6.65. The van der Waals surface area contributed by atoms with E-state index < -0.39 is 0 Å². The van der Waals surface area contributed by atoms with Crippen LogP contribution in [0.25, 0.3) is 0 Å². The van der Waals surface area contributed by atoms with Crippen LogP contribution >= 0.6 is 0 Å². The van der Waals surface area contributed by atoms with Crippen molar-refractivity contribution < 1.29 is 37.7 Å². The van der Waals surface area contributed by atoms with Crippen LogP contribution < -0.4 is 0 Å². The molecule has 0 aliphatic heterocycles. The minimum Gasteiger partial charge on any atom is -0.184 e. The van der Waals surface area contributed by atoms with E-state index in [2.05, 4.69) is 45.1 Å². The van der Waals surface area contributed by atoms with Crippen molar-refractivity contribution in [1.82, 2.24) is 0 Å². The van der Waals surface area contributed by atoms with Gasteiger partial charge in [-0.1, -0.05) is 39.5 Å². The van der Waals surface area contributed by atoms with Gasteiger partial charge in [-0.3, -0.25) is 0 Å². The summed E-state index contributed by atoms with van der Waals surface area (Å²) in [6, 6.07) is 0. The molecule has 0 nitrogen and oxygen atoms in total. The van der Waals surface area contributed by atoms with Gasteiger partial charge in [0.25, 0.3) is 0 Å². The fourth-order valence-corrected chi connectivity index (χ4v) is 1.68. The van der Waals surface area contributed by atoms with E-state index in [0.29, 0.717) is 5.92 Å². The molecule has 1 unspecified atom stereocenters. The number of rotatable bonds is 3. The predicted molar refractivity (Wildman–Crippen MR) is 62.9 cm³/mol. The number of allylic oxidation sites excluding steroid dienone is 6. The zero-order valence-corrected chi connectivity index (χ0v) is 11.8. The van der Waals surface area contributed by atoms with Crippen LogP contribution in [0.5, 0.6) is 0 Å². The van der Waals surface area contributed by atoms with Crippen molar-refractivity contribution in [2.24, 2.45) is 11.8 Å². The Bertz CT molecular complexity index is 246. The molecule has 0 aromatic rings. The Kier molecular flexibility index (Phi) is 8.89. The molecule has 15 heavy (non-hydrogen) atoms. The van der Waals surface area contributed by atoms with Crippen LogP contribution in [0.2, 0.25) is 0 Å². The molecular formula is C14H21Ho-. The van der Waals surface area contributed by atoms with Crippen molar-refractivity contribution in [3.63, 3.8) is 0 Å². The molecule has 0 N–H and O–H groups in total. The predicted octanol–water partition coefficient (Wildman–Crippen LogP) is 4.30. The monoisotopic (exact) mass is 354 g/mol. The molecule has 0 aromatic heterocycles. The van der Waals surface area contributed by atoms with Gasteiger partial charge < -0.3 is 0 Å². The Morgan fingerprint density at radius 3 is 2.80 bits per heavy atom. The zero-order valence-electron chi connectivity index (χ0n) is 9.89. The molecule has 1 heteroatoms. The van der Waals surface area contributed by atoms with Crippen LogP contribution in [0.15, 0.2) is 29.9 Å². The molecule has 0 amide bonds. The molecule has 0 aromatic carbocycles. The van der Waals surface area contributed by atoms with E-state index >= 15 is 0 Å². The first-order valence-electron chi connectivity index (χ1n) is 5.65. The molecule has 1 rings (SSSR count). The van der Waals surface area contributed by atoms with Crippen molar-refractivity contribution in [3.05, 3.63) is 36.0 Å². The third-order valence-corrected chi connectivity index (χ3v) is 2.47. The summed E-state index contributed by atoms with van der Waals surface area (Å²) in [7, 11) is 0. The molecule has 0 heterocycles. The molecular weight excluding hydrogens is 333 g/mol. The third kappa shape index (κ3) is 7.38. The average molecular weight is 354 g/mol. The van der Waals surface area contributed by atoms with E-state index in [0.717, 1.165) is 5.92 Å². The second kappa shape index (κ2) is 8.61. The third-order valence-electron chi connectivity index (χ3n) is 2.47. The van der Waals surface area contributed by atoms with Crippen LogP contribution in [0, 0.1) is 55.7 Å². The summed E-state index contributed by atoms with van der Waals surface area (Å²) in [4.78, 5) is 0. The normalized spacial score (nSPS) is 22.1. The second-order valence-corrected chi connectivity index (χ2v) is 4.53. The van der Waals surface area contributed by atoms with Crippen LogP contribution in [-0.2, 0) is 0 Å². The van der Waals surface area contributed by atoms with Crippen molar-refractivity contribution in [2.75, 3.05) is 0 Å². The van der Waals surface area contributed by atoms with Crippen LogP contribution in [-0.4, -0.2) is 0 Å². The maximum absolute atomic E-state index is 3.23. The molecule has 0 bridgehead atoms. The quantitative estimate of drug-likeness (QED) is 0.403. The van der Waals surface area contributed by atoms with Crippen molar-refractivity contribution in [3.8, 4) is 0 Å². The number of hydrogen-bond acceptors (Lipinski definition) is 0. The van der Waals surface area contributed by atoms with Gasteiger partial charge in [0.05, 0.1) is 0 Å². The fraction of sp³-hybridized carbons (Fsp3) is 0.571. The topological polar surface area (TPSA) is 0 Å². The van der Waals surface area contributed by atoms with Gasteiger partial charge in [0.15, 0.2) is 0 Å². The molecule has 0 saturated carbocycles. The maximum Gasteiger partial charge on any atom is 0 e. The second-order valence-electron chi connectivity index (χ2n) is 4.53. The molecule has 1 radical (unpaired) electrons. The van der Waals surface area contributed by atoms with Crippen LogP contribution in [0.1, 0.15) is 40.0 Å². The Hall–Kier alpha value is 0.480. The fourth-order valence-electron chi connectivity index (χ4n) is 1.68. The van der Waals surface area contributed by atoms with Crippen LogP contribution in [0.3, 0.4) is 0 Å². The average Bonchev–Trinajstić information content (AvgIpc) is 2.12. The Balaban J connectivity index is 0.00000196. The van der Waals surface area contributed by atoms with Gasteiger partial charge in [-0.05, 0) is 12.3 Å². The Labute approximate surface area is 125 Å². The Morgan fingerprint density at radius 1 is 1.47 bits per heavy atom. The SMILES string of the molecule is CC(C)/C=C/[C-]=CC1=CC(C)CCC1.[Ho]. The summed E-state index contributed by atoms with van der Waals surface area (Å²) in [6.07, 6.45) is 15.9. The summed E-state index contributed by atoms with van der Waals surface area (Å²) < 4.78 is 0. The first-order valence-corrected chi connectivity index (χ1v) is 5.65. The minimum absolute atomic E-state index is 0. The smallest absolute Gasteiger partial charge is 0 e. The molecule has 1 atom stereocenters. The van der Waals surface area contributed by atoms with Gasteiger partial charge in [-0.25, -0.2) is 0 Å². The van der Waals surface area contributed by atoms with Crippen molar-refractivity contribution >= 4 is 0 Å². The summed E-state index contributed by atoms with van der Waals surface area (Å²) in [5, 5.41) is 0. The minimum atomic E-state index is 0. The Morgan fingerprint density at radius 2 is 2.20 bits per heavy atom. The van der Waals surface area contributed by atoms with Gasteiger partial charge in [-0.2, -0.15) is 24.3 Å². The largest absolute Gasteiger partial charge is 0.184 e. The van der Waals surface area contributed by atoms with Crippen molar-refractivity contribution in [1.29, 1.82) is 0 Å². The van der Waals surface area contributed by atoms with Gasteiger partial charge >= 0.3 is 0 Å². The first-order chi connectivity index (χ1) is 6.68. The van der Waals surface area contributed by atoms with Gasteiger partial charge in [0.2, 0.25) is 0 Å². The zero-order chi connectivity index (χ0) is 10.4. The van der Waals surface area contributed by atoms with Gasteiger partial charge in [0.1, 0.15) is 0 Å². The van der Waals surface area contributed by atoms with E-state index in [9.17, 15) is 0 Å². The van der Waals surface area contributed by atoms with Crippen LogP contribution in [0.4, 0.5) is 0 Å². The van der Waals surface area contributed by atoms with Gasteiger partial charge in [0, 0.05) is 37.7 Å². The van der Waals surface area contributed by atoms with E-state index in [1.54, 1.807) is 0 Å². The van der Waals surface area contributed by atoms with E-state index in [4.69, 9.17) is 0 Å². The van der Waals surface area contributed by atoms with Gasteiger partial charge in [-0.15, -0.1) is 11.6 Å². The molecule has 1 aliphatic rings. The number of hydrogen-bond donors (Lipinski definition) is 0. The molecule has 0 saturated heterocycles. The summed E-state index contributed by atoms with van der Waals surface area (Å²) in [5.41, 5.74) is 1.46. The summed E-state index contributed by atoms with van der Waals surface area (Å²) >= 11 is 0. The first kappa shape index (κ1) is 15.5. The van der Waals surface area contributed by atoms with Crippen molar-refractivity contribution in [2.45, 2.75) is 40.0 Å². The molecule has 0 fully saturated rings. The van der Waals surface area contributed by atoms with E-state index in [1.165, 1.54) is 24.8 Å². The molecule has 1 aliphatic carbocycles. The maximum atomic E-state index is 3.23. The summed E-state index contributed by atoms with van der Waals surface area (Å²) in [5.74, 6) is 1.38. The standard InChI is InChI=1S/C14H21.Ho/c1-12(2)7-4-5-9-14-10-6-8-13(3)11-14;/h4,7,9,11-13H,6,8,10H2,1-3H3;/q-1;/b7-4+;. The molecule has 89 valence electrons. The molecule has 0 spiro atoms.